The molecule has 0 saturated carbocycles. The minimum absolute atomic E-state index is 0.0299. The van der Waals surface area contributed by atoms with Gasteiger partial charge in [-0.3, -0.25) is 14.4 Å². The number of ether oxygens (including phenoxy) is 1. The van der Waals surface area contributed by atoms with Gasteiger partial charge in [0, 0.05) is 30.0 Å². The van der Waals surface area contributed by atoms with Crippen molar-refractivity contribution in [2.24, 2.45) is 16.8 Å². The van der Waals surface area contributed by atoms with Crippen molar-refractivity contribution in [1.82, 2.24) is 25.4 Å². The SMILES string of the molecule is CC1(C)C(NC(=O)/C(=N\O[C@@H](COc2ccc(C(=O)Nc3cn(CCCN)[n+](CC4CNC4)c3)cc2)C(=O)O)c2csc(N)n2)C(=O)N1OS(=O)(=O)[O-]. The molecule has 23 heteroatoms. The van der Waals surface area contributed by atoms with Gasteiger partial charge in [0.15, 0.2) is 17.4 Å². The number of carbonyl (C=O) groups excluding carboxylic acids is 3. The molecule has 286 valence electrons. The van der Waals surface area contributed by atoms with E-state index in [1.54, 1.807) is 0 Å². The Balaban J connectivity index is 1.21. The average molecular weight is 779 g/mol. The molecule has 3 aromatic rings. The van der Waals surface area contributed by atoms with E-state index in [0.717, 1.165) is 37.4 Å². The van der Waals surface area contributed by atoms with Gasteiger partial charge in [0.25, 0.3) is 23.8 Å². The number of aryl methyl sites for hydroxylation is 1. The molecular weight excluding hydrogens is 741 g/mol. The second kappa shape index (κ2) is 16.2. The number of carboxylic acids is 1. The number of β-lactam (4-membered cyclic amide) rings is 1. The monoisotopic (exact) mass is 778 g/mol. The van der Waals surface area contributed by atoms with E-state index in [-0.39, 0.29) is 22.5 Å². The Hall–Kier alpha value is -5.20. The van der Waals surface area contributed by atoms with Gasteiger partial charge in [-0.1, -0.05) is 5.16 Å². The molecule has 2 aromatic heterocycles. The highest BCUT2D eigenvalue weighted by atomic mass is 32.3. The molecule has 2 aliphatic rings. The van der Waals surface area contributed by atoms with Crippen LogP contribution in [0.1, 0.15) is 36.3 Å². The maximum Gasteiger partial charge on any atom is 0.351 e. The van der Waals surface area contributed by atoms with Gasteiger partial charge in [0.1, 0.15) is 29.8 Å². The second-order valence-electron chi connectivity index (χ2n) is 12.6. The molecule has 2 aliphatic heterocycles. The minimum atomic E-state index is -5.29. The Bertz CT molecular complexity index is 1980. The summed E-state index contributed by atoms with van der Waals surface area (Å²) in [7, 11) is -5.29. The van der Waals surface area contributed by atoms with Crippen LogP contribution in [0.2, 0.25) is 0 Å². The van der Waals surface area contributed by atoms with Gasteiger partial charge >= 0.3 is 5.97 Å². The number of nitrogen functional groups attached to an aromatic ring is 1. The van der Waals surface area contributed by atoms with Gasteiger partial charge < -0.3 is 46.7 Å². The fraction of sp³-hybridized carbons (Fsp3) is 0.433. The first-order valence-electron chi connectivity index (χ1n) is 16.1. The third-order valence-electron chi connectivity index (χ3n) is 8.23. The lowest BCUT2D eigenvalue weighted by atomic mass is 9.84. The van der Waals surface area contributed by atoms with Gasteiger partial charge in [-0.2, -0.15) is 14.0 Å². The number of oxime groups is 1. The number of thiazole rings is 1. The van der Waals surface area contributed by atoms with Crippen LogP contribution in [0, 0.1) is 5.92 Å². The number of nitrogens with two attached hydrogens (primary N) is 2. The molecule has 1 unspecified atom stereocenters. The lowest BCUT2D eigenvalue weighted by Crippen LogP contribution is -2.76. The summed E-state index contributed by atoms with van der Waals surface area (Å²) in [5, 5.41) is 23.6. The largest absolute Gasteiger partial charge is 0.724 e. The van der Waals surface area contributed by atoms with Gasteiger partial charge in [-0.25, -0.2) is 18.2 Å². The van der Waals surface area contributed by atoms with Crippen LogP contribution in [0.15, 0.2) is 47.2 Å². The van der Waals surface area contributed by atoms with Crippen LogP contribution in [0.4, 0.5) is 10.8 Å². The highest BCUT2D eigenvalue weighted by molar-refractivity contribution is 7.80. The van der Waals surface area contributed by atoms with E-state index >= 15 is 0 Å². The van der Waals surface area contributed by atoms with E-state index in [9.17, 15) is 37.3 Å². The Kier molecular flexibility index (Phi) is 11.9. The fourth-order valence-electron chi connectivity index (χ4n) is 5.27. The van der Waals surface area contributed by atoms with E-state index in [2.05, 4.69) is 35.1 Å². The molecule has 8 N–H and O–H groups in total. The van der Waals surface area contributed by atoms with Crippen LogP contribution < -0.4 is 36.8 Å². The van der Waals surface area contributed by atoms with E-state index in [4.69, 9.17) is 21.0 Å². The highest BCUT2D eigenvalue weighted by Gasteiger charge is 2.57. The van der Waals surface area contributed by atoms with Crippen LogP contribution >= 0.6 is 11.3 Å². The number of anilines is 2. The number of amides is 3. The number of benzene rings is 1. The molecule has 0 radical (unpaired) electrons. The van der Waals surface area contributed by atoms with Crippen LogP contribution in [0.5, 0.6) is 5.75 Å². The van der Waals surface area contributed by atoms with Crippen LogP contribution in [-0.4, -0.2) is 106 Å². The number of nitrogens with one attached hydrogen (secondary N) is 3. The first-order valence-corrected chi connectivity index (χ1v) is 18.3. The molecule has 1 aromatic carbocycles. The summed E-state index contributed by atoms with van der Waals surface area (Å²) in [5.74, 6) is -3.30. The summed E-state index contributed by atoms with van der Waals surface area (Å²) >= 11 is 0.932. The first kappa shape index (κ1) is 39.0. The van der Waals surface area contributed by atoms with E-state index in [1.807, 2.05) is 17.1 Å². The fourth-order valence-corrected chi connectivity index (χ4v) is 6.27. The highest BCUT2D eigenvalue weighted by Crippen LogP contribution is 2.33. The van der Waals surface area contributed by atoms with E-state index < -0.39 is 58.2 Å². The number of hydrogen-bond acceptors (Lipinski definition) is 16. The summed E-state index contributed by atoms with van der Waals surface area (Å²) in [6.45, 7) is 5.95. The standard InChI is InChI=1S/C30H38N10O11S2/c1-30(2)24(27(43)40(30)51-53(46,47)48)36-26(42)23(21-16-52-29(32)35-21)37-50-22(28(44)45)15-49-20-6-4-18(5-7-20)25(41)34-19-13-38(9-3-8-31)39(14-19)12-17-10-33-11-17/h4-7,13-14,16-17,22,24,33H,3,8-12,15,31H2,1-2H3,(H5-,32,34,35,36,41,42,44,45,46,47,48)/b37-23-/t22-,24?/m0/s1. The molecule has 3 amide bonds. The predicted molar refractivity (Wildman–Crippen MR) is 184 cm³/mol. The van der Waals surface area contributed by atoms with E-state index in [0.29, 0.717) is 35.3 Å². The zero-order chi connectivity index (χ0) is 38.5. The summed E-state index contributed by atoms with van der Waals surface area (Å²) in [6, 6.07) is 4.54. The number of carboxylic acid groups (broad SMARTS) is 1. The zero-order valence-corrected chi connectivity index (χ0v) is 30.1. The molecule has 0 bridgehead atoms. The molecule has 0 spiro atoms. The molecular formula is C30H38N10O11S2. The van der Waals surface area contributed by atoms with Crippen molar-refractivity contribution in [2.75, 3.05) is 37.3 Å². The lowest BCUT2D eigenvalue weighted by Gasteiger charge is -2.51. The summed E-state index contributed by atoms with van der Waals surface area (Å²) in [6.07, 6.45) is 2.75. The molecule has 21 nitrogen and oxygen atoms in total. The third-order valence-corrected chi connectivity index (χ3v) is 9.23. The number of carbonyl (C=O) groups is 4. The Labute approximate surface area is 306 Å². The topological polar surface area (TPSA) is 299 Å². The van der Waals surface area contributed by atoms with Crippen LogP contribution in [-0.2, 0) is 47.0 Å². The van der Waals surface area contributed by atoms with Crippen molar-refractivity contribution in [2.45, 2.75) is 51.0 Å². The predicted octanol–water partition coefficient (Wildman–Crippen LogP) is -1.61. The Morgan fingerprint density at radius 2 is 1.98 bits per heavy atom. The smallest absolute Gasteiger partial charge is 0.351 e. The molecule has 0 aliphatic carbocycles. The summed E-state index contributed by atoms with van der Waals surface area (Å²) < 4.78 is 46.9. The average Bonchev–Trinajstić information content (AvgIpc) is 3.68. The quantitative estimate of drug-likeness (QED) is 0.0211. The Morgan fingerprint density at radius 3 is 2.55 bits per heavy atom. The van der Waals surface area contributed by atoms with Gasteiger partial charge in [-0.15, -0.1) is 16.0 Å². The van der Waals surface area contributed by atoms with Crippen molar-refractivity contribution >= 4 is 62.0 Å². The van der Waals surface area contributed by atoms with Gasteiger partial charge in [0.2, 0.25) is 16.6 Å². The summed E-state index contributed by atoms with van der Waals surface area (Å²) in [5.41, 5.74) is 10.1. The van der Waals surface area contributed by atoms with Crippen molar-refractivity contribution in [3.05, 3.63) is 53.3 Å². The number of nitrogens with zero attached hydrogens (tertiary/aromatic N) is 5. The lowest BCUT2D eigenvalue weighted by molar-refractivity contribution is -0.781. The van der Waals surface area contributed by atoms with Crippen molar-refractivity contribution < 1.29 is 55.8 Å². The number of rotatable bonds is 18. The molecule has 4 heterocycles. The molecule has 5 rings (SSSR count). The minimum Gasteiger partial charge on any atom is -0.724 e. The van der Waals surface area contributed by atoms with Crippen LogP contribution in [0.25, 0.3) is 0 Å². The van der Waals surface area contributed by atoms with Gasteiger partial charge in [0.05, 0.1) is 18.3 Å². The van der Waals surface area contributed by atoms with Crippen molar-refractivity contribution in [1.29, 1.82) is 0 Å². The van der Waals surface area contributed by atoms with Crippen molar-refractivity contribution in [3.8, 4) is 5.75 Å². The normalized spacial score (nSPS) is 17.7. The maximum atomic E-state index is 13.3. The van der Waals surface area contributed by atoms with Gasteiger partial charge in [-0.05, 0) is 51.1 Å². The number of aliphatic carboxylic acids is 1. The summed E-state index contributed by atoms with van der Waals surface area (Å²) in [4.78, 5) is 60.0. The van der Waals surface area contributed by atoms with Crippen LogP contribution in [0.3, 0.4) is 0 Å². The van der Waals surface area contributed by atoms with Crippen molar-refractivity contribution in [3.63, 3.8) is 0 Å². The molecule has 2 saturated heterocycles. The molecule has 2 atom stereocenters. The number of aromatic nitrogens is 3. The maximum absolute atomic E-state index is 13.3. The number of hydroxylamine groups is 2. The number of hydrogen-bond donors (Lipinski definition) is 6. The zero-order valence-electron chi connectivity index (χ0n) is 28.5. The first-order chi connectivity index (χ1) is 25.0. The van der Waals surface area contributed by atoms with E-state index in [1.165, 1.54) is 43.5 Å². The molecule has 2 fully saturated rings. The second-order valence-corrected chi connectivity index (χ2v) is 14.4. The Morgan fingerprint density at radius 1 is 1.26 bits per heavy atom. The molecule has 53 heavy (non-hydrogen) atoms. The third kappa shape index (κ3) is 9.62.